The Morgan fingerprint density at radius 2 is 2.07 bits per heavy atom. The molecule has 1 aliphatic heterocycles. The SMILES string of the molecule is CC[C@H](C)[C@H](N)C(=O)N1CC(F)(F)C1. The Kier molecular flexibility index (Phi) is 3.09. The highest BCUT2D eigenvalue weighted by molar-refractivity contribution is 5.82. The van der Waals surface area contributed by atoms with Crippen molar-refractivity contribution in [3.8, 4) is 0 Å². The molecule has 0 aromatic rings. The van der Waals surface area contributed by atoms with Gasteiger partial charge in [0, 0.05) is 0 Å². The standard InChI is InChI=1S/C9H16F2N2O/c1-3-6(2)7(12)8(14)13-4-9(10,11)5-13/h6-7H,3-5,12H2,1-2H3/t6-,7-/m0/s1. The molecule has 0 radical (unpaired) electrons. The summed E-state index contributed by atoms with van der Waals surface area (Å²) in [6.45, 7) is 2.81. The fourth-order valence-electron chi connectivity index (χ4n) is 1.38. The predicted molar refractivity (Wildman–Crippen MR) is 49.0 cm³/mol. The normalized spacial score (nSPS) is 23.9. The minimum atomic E-state index is -2.70. The average molecular weight is 206 g/mol. The lowest BCUT2D eigenvalue weighted by Crippen LogP contribution is -2.62. The molecule has 82 valence electrons. The van der Waals surface area contributed by atoms with Crippen molar-refractivity contribution in [1.82, 2.24) is 4.90 Å². The van der Waals surface area contributed by atoms with Gasteiger partial charge in [-0.3, -0.25) is 4.79 Å². The summed E-state index contributed by atoms with van der Waals surface area (Å²) in [5.41, 5.74) is 5.63. The van der Waals surface area contributed by atoms with Crippen LogP contribution in [-0.4, -0.2) is 35.9 Å². The van der Waals surface area contributed by atoms with Gasteiger partial charge < -0.3 is 10.6 Å². The van der Waals surface area contributed by atoms with Gasteiger partial charge in [-0.25, -0.2) is 8.78 Å². The zero-order chi connectivity index (χ0) is 10.9. The number of nitrogens with zero attached hydrogens (tertiary/aromatic N) is 1. The van der Waals surface area contributed by atoms with Crippen LogP contribution in [0.15, 0.2) is 0 Å². The molecule has 0 saturated carbocycles. The first-order valence-corrected chi connectivity index (χ1v) is 4.79. The van der Waals surface area contributed by atoms with Crippen LogP contribution in [0.25, 0.3) is 0 Å². The Bertz CT molecular complexity index is 225. The van der Waals surface area contributed by atoms with Crippen LogP contribution in [0.5, 0.6) is 0 Å². The number of hydrogen-bond donors (Lipinski definition) is 1. The molecule has 3 nitrogen and oxygen atoms in total. The van der Waals surface area contributed by atoms with Gasteiger partial charge >= 0.3 is 0 Å². The third-order valence-corrected chi connectivity index (χ3v) is 2.70. The van der Waals surface area contributed by atoms with Crippen molar-refractivity contribution in [2.75, 3.05) is 13.1 Å². The van der Waals surface area contributed by atoms with Crippen molar-refractivity contribution in [3.63, 3.8) is 0 Å². The molecule has 0 spiro atoms. The van der Waals surface area contributed by atoms with Crippen LogP contribution >= 0.6 is 0 Å². The van der Waals surface area contributed by atoms with E-state index in [0.29, 0.717) is 0 Å². The van der Waals surface area contributed by atoms with Crippen molar-refractivity contribution in [2.24, 2.45) is 11.7 Å². The number of amides is 1. The second kappa shape index (κ2) is 3.81. The lowest BCUT2D eigenvalue weighted by molar-refractivity contribution is -0.167. The van der Waals surface area contributed by atoms with Crippen molar-refractivity contribution in [2.45, 2.75) is 32.2 Å². The maximum Gasteiger partial charge on any atom is 0.282 e. The van der Waals surface area contributed by atoms with Crippen molar-refractivity contribution in [3.05, 3.63) is 0 Å². The summed E-state index contributed by atoms with van der Waals surface area (Å²) >= 11 is 0. The molecule has 0 unspecified atom stereocenters. The number of carbonyl (C=O) groups excluding carboxylic acids is 1. The van der Waals surface area contributed by atoms with Crippen LogP contribution in [-0.2, 0) is 4.79 Å². The van der Waals surface area contributed by atoms with Crippen LogP contribution in [0.4, 0.5) is 8.78 Å². The highest BCUT2D eigenvalue weighted by Gasteiger charge is 2.47. The Morgan fingerprint density at radius 1 is 1.57 bits per heavy atom. The van der Waals surface area contributed by atoms with Gasteiger partial charge in [0.1, 0.15) is 0 Å². The summed E-state index contributed by atoms with van der Waals surface area (Å²) in [5, 5.41) is 0. The summed E-state index contributed by atoms with van der Waals surface area (Å²) in [6.07, 6.45) is 0.775. The molecule has 2 N–H and O–H groups in total. The second-order valence-corrected chi connectivity index (χ2v) is 3.96. The molecular weight excluding hydrogens is 190 g/mol. The smallest absolute Gasteiger partial charge is 0.282 e. The maximum atomic E-state index is 12.5. The molecule has 1 aliphatic rings. The summed E-state index contributed by atoms with van der Waals surface area (Å²) in [7, 11) is 0. The van der Waals surface area contributed by atoms with Gasteiger partial charge in [-0.05, 0) is 5.92 Å². The first kappa shape index (κ1) is 11.4. The predicted octanol–water partition coefficient (Wildman–Crippen LogP) is 0.837. The van der Waals surface area contributed by atoms with Gasteiger partial charge in [0.05, 0.1) is 19.1 Å². The summed E-state index contributed by atoms with van der Waals surface area (Å²) in [4.78, 5) is 12.6. The molecule has 0 aliphatic carbocycles. The number of alkyl halides is 2. The fraction of sp³-hybridized carbons (Fsp3) is 0.889. The molecule has 14 heavy (non-hydrogen) atoms. The van der Waals surface area contributed by atoms with Crippen LogP contribution < -0.4 is 5.73 Å². The summed E-state index contributed by atoms with van der Waals surface area (Å²) < 4.78 is 24.9. The van der Waals surface area contributed by atoms with Crippen molar-refractivity contribution in [1.29, 1.82) is 0 Å². The molecule has 0 bridgehead atoms. The van der Waals surface area contributed by atoms with E-state index in [9.17, 15) is 13.6 Å². The third kappa shape index (κ3) is 2.20. The highest BCUT2D eigenvalue weighted by atomic mass is 19.3. The van der Waals surface area contributed by atoms with Crippen LogP contribution in [0.2, 0.25) is 0 Å². The number of hydrogen-bond acceptors (Lipinski definition) is 2. The van der Waals surface area contributed by atoms with Crippen LogP contribution in [0, 0.1) is 5.92 Å². The zero-order valence-corrected chi connectivity index (χ0v) is 8.46. The van der Waals surface area contributed by atoms with E-state index in [1.807, 2.05) is 13.8 Å². The molecule has 0 aromatic carbocycles. The molecule has 5 heteroatoms. The molecule has 1 saturated heterocycles. The van der Waals surface area contributed by atoms with E-state index in [-0.39, 0.29) is 11.8 Å². The molecular formula is C9H16F2N2O. The van der Waals surface area contributed by atoms with Gasteiger partial charge in [0.2, 0.25) is 5.91 Å². The maximum absolute atomic E-state index is 12.5. The number of likely N-dealkylation sites (tertiary alicyclic amines) is 1. The molecule has 2 atom stereocenters. The van der Waals surface area contributed by atoms with Gasteiger partial charge in [-0.2, -0.15) is 0 Å². The Balaban J connectivity index is 2.44. The number of carbonyl (C=O) groups is 1. The van der Waals surface area contributed by atoms with Gasteiger partial charge in [0.25, 0.3) is 5.92 Å². The Morgan fingerprint density at radius 3 is 2.43 bits per heavy atom. The molecule has 0 aromatic heterocycles. The summed E-state index contributed by atoms with van der Waals surface area (Å²) in [6, 6.07) is -0.643. The van der Waals surface area contributed by atoms with Crippen LogP contribution in [0.3, 0.4) is 0 Å². The van der Waals surface area contributed by atoms with E-state index in [4.69, 9.17) is 5.73 Å². The van der Waals surface area contributed by atoms with Gasteiger partial charge in [0.15, 0.2) is 0 Å². The van der Waals surface area contributed by atoms with Gasteiger partial charge in [-0.1, -0.05) is 20.3 Å². The van der Waals surface area contributed by atoms with E-state index < -0.39 is 25.1 Å². The van der Waals surface area contributed by atoms with Crippen molar-refractivity contribution >= 4 is 5.91 Å². The number of halogens is 2. The Labute approximate surface area is 82.2 Å². The van der Waals surface area contributed by atoms with Crippen molar-refractivity contribution < 1.29 is 13.6 Å². The largest absolute Gasteiger partial charge is 0.329 e. The van der Waals surface area contributed by atoms with E-state index in [2.05, 4.69) is 0 Å². The zero-order valence-electron chi connectivity index (χ0n) is 8.46. The number of rotatable bonds is 3. The lowest BCUT2D eigenvalue weighted by Gasteiger charge is -2.40. The quantitative estimate of drug-likeness (QED) is 0.743. The first-order chi connectivity index (χ1) is 6.37. The average Bonchev–Trinajstić information content (AvgIpc) is 2.10. The fourth-order valence-corrected chi connectivity index (χ4v) is 1.38. The highest BCUT2D eigenvalue weighted by Crippen LogP contribution is 2.27. The van der Waals surface area contributed by atoms with E-state index >= 15 is 0 Å². The van der Waals surface area contributed by atoms with Crippen LogP contribution in [0.1, 0.15) is 20.3 Å². The number of nitrogens with two attached hydrogens (primary N) is 1. The lowest BCUT2D eigenvalue weighted by atomic mass is 9.97. The molecule has 1 heterocycles. The topological polar surface area (TPSA) is 46.3 Å². The van der Waals surface area contributed by atoms with E-state index in [1.165, 1.54) is 0 Å². The minimum Gasteiger partial charge on any atom is -0.329 e. The van der Waals surface area contributed by atoms with E-state index in [1.54, 1.807) is 0 Å². The monoisotopic (exact) mass is 206 g/mol. The molecule has 1 fully saturated rings. The second-order valence-electron chi connectivity index (χ2n) is 3.96. The van der Waals surface area contributed by atoms with Gasteiger partial charge in [-0.15, -0.1) is 0 Å². The molecule has 1 amide bonds. The third-order valence-electron chi connectivity index (χ3n) is 2.70. The first-order valence-electron chi connectivity index (χ1n) is 4.79. The summed E-state index contributed by atoms with van der Waals surface area (Å²) in [5.74, 6) is -3.02. The minimum absolute atomic E-state index is 0.0386. The molecule has 1 rings (SSSR count). The Hall–Kier alpha value is -0.710. The van der Waals surface area contributed by atoms with E-state index in [0.717, 1.165) is 11.3 Å².